The highest BCUT2D eigenvalue weighted by Gasteiger charge is 2.03. The van der Waals surface area contributed by atoms with Crippen molar-refractivity contribution in [3.8, 4) is 5.75 Å². The van der Waals surface area contributed by atoms with Crippen molar-refractivity contribution in [2.75, 3.05) is 26.2 Å². The van der Waals surface area contributed by atoms with Crippen LogP contribution in [0.4, 0.5) is 4.39 Å². The van der Waals surface area contributed by atoms with Gasteiger partial charge in [-0.3, -0.25) is 0 Å². The Morgan fingerprint density at radius 3 is 2.73 bits per heavy atom. The average Bonchev–Trinajstić information content (AvgIpc) is 2.27. The maximum Gasteiger partial charge on any atom is 0.255 e. The number of nitrogens with zero attached hydrogens (tertiary/aromatic N) is 2. The van der Waals surface area contributed by atoms with Crippen LogP contribution in [-0.2, 0) is 0 Å². The molecule has 0 radical (unpaired) electrons. The standard InChI is InChI=1S/C11H17FN2O/c1-3-14(4-2)8-9-15-10-6-5-7-13-11(10)12/h5-7H,3-4,8-9H2,1-2H3. The maximum absolute atomic E-state index is 13.0. The van der Waals surface area contributed by atoms with E-state index in [1.165, 1.54) is 6.20 Å². The minimum absolute atomic E-state index is 0.227. The van der Waals surface area contributed by atoms with Crippen LogP contribution in [0, 0.1) is 5.95 Å². The van der Waals surface area contributed by atoms with Crippen molar-refractivity contribution in [2.45, 2.75) is 13.8 Å². The lowest BCUT2D eigenvalue weighted by Crippen LogP contribution is -2.28. The third-order valence-corrected chi connectivity index (χ3v) is 2.28. The quantitative estimate of drug-likeness (QED) is 0.674. The normalized spacial score (nSPS) is 10.7. The van der Waals surface area contributed by atoms with Crippen LogP contribution in [0.3, 0.4) is 0 Å². The summed E-state index contributed by atoms with van der Waals surface area (Å²) in [7, 11) is 0. The molecular weight excluding hydrogens is 195 g/mol. The molecule has 0 unspecified atom stereocenters. The van der Waals surface area contributed by atoms with Gasteiger partial charge in [-0.25, -0.2) is 4.98 Å². The molecule has 1 heterocycles. The van der Waals surface area contributed by atoms with Gasteiger partial charge >= 0.3 is 0 Å². The molecule has 84 valence electrons. The molecule has 0 atom stereocenters. The Bertz CT molecular complexity index is 290. The van der Waals surface area contributed by atoms with Gasteiger partial charge in [0.1, 0.15) is 6.61 Å². The Morgan fingerprint density at radius 2 is 2.13 bits per heavy atom. The Morgan fingerprint density at radius 1 is 1.40 bits per heavy atom. The van der Waals surface area contributed by atoms with Gasteiger partial charge in [-0.2, -0.15) is 4.39 Å². The van der Waals surface area contributed by atoms with Gasteiger partial charge in [0.05, 0.1) is 0 Å². The molecule has 0 aliphatic heterocycles. The van der Waals surface area contributed by atoms with Crippen molar-refractivity contribution in [1.82, 2.24) is 9.88 Å². The molecule has 0 bridgehead atoms. The van der Waals surface area contributed by atoms with Gasteiger partial charge in [0.15, 0.2) is 5.75 Å². The highest BCUT2D eigenvalue weighted by Crippen LogP contribution is 2.12. The minimum atomic E-state index is -0.544. The van der Waals surface area contributed by atoms with Gasteiger partial charge in [-0.05, 0) is 25.2 Å². The zero-order chi connectivity index (χ0) is 11.1. The molecule has 0 amide bonds. The second-order valence-corrected chi connectivity index (χ2v) is 3.17. The third-order valence-electron chi connectivity index (χ3n) is 2.28. The highest BCUT2D eigenvalue weighted by molar-refractivity contribution is 5.17. The second kappa shape index (κ2) is 6.35. The zero-order valence-corrected chi connectivity index (χ0v) is 9.24. The van der Waals surface area contributed by atoms with Crippen molar-refractivity contribution < 1.29 is 9.13 Å². The number of aromatic nitrogens is 1. The summed E-state index contributed by atoms with van der Waals surface area (Å²) in [4.78, 5) is 5.73. The van der Waals surface area contributed by atoms with Gasteiger partial charge in [-0.15, -0.1) is 0 Å². The van der Waals surface area contributed by atoms with Crippen LogP contribution in [0.5, 0.6) is 5.75 Å². The van der Waals surface area contributed by atoms with E-state index in [2.05, 4.69) is 23.7 Å². The van der Waals surface area contributed by atoms with Crippen molar-refractivity contribution >= 4 is 0 Å². The largest absolute Gasteiger partial charge is 0.487 e. The lowest BCUT2D eigenvalue weighted by molar-refractivity contribution is 0.216. The molecule has 0 aromatic carbocycles. The van der Waals surface area contributed by atoms with Gasteiger partial charge in [-0.1, -0.05) is 13.8 Å². The maximum atomic E-state index is 13.0. The molecule has 15 heavy (non-hydrogen) atoms. The fourth-order valence-electron chi connectivity index (χ4n) is 1.30. The first-order valence-corrected chi connectivity index (χ1v) is 5.23. The highest BCUT2D eigenvalue weighted by atomic mass is 19.1. The van der Waals surface area contributed by atoms with Crippen molar-refractivity contribution in [2.24, 2.45) is 0 Å². The van der Waals surface area contributed by atoms with E-state index in [4.69, 9.17) is 4.74 Å². The van der Waals surface area contributed by atoms with E-state index in [9.17, 15) is 4.39 Å². The lowest BCUT2D eigenvalue weighted by Gasteiger charge is -2.17. The number of hydrogen-bond acceptors (Lipinski definition) is 3. The smallest absolute Gasteiger partial charge is 0.255 e. The fourth-order valence-corrected chi connectivity index (χ4v) is 1.30. The van der Waals surface area contributed by atoms with Crippen LogP contribution in [-0.4, -0.2) is 36.1 Å². The third kappa shape index (κ3) is 3.83. The molecule has 0 saturated carbocycles. The van der Waals surface area contributed by atoms with Crippen LogP contribution in [0.25, 0.3) is 0 Å². The van der Waals surface area contributed by atoms with Crippen LogP contribution >= 0.6 is 0 Å². The summed E-state index contributed by atoms with van der Waals surface area (Å²) in [5.74, 6) is -0.318. The first-order chi connectivity index (χ1) is 7.27. The SMILES string of the molecule is CCN(CC)CCOc1cccnc1F. The summed E-state index contributed by atoms with van der Waals surface area (Å²) in [6.45, 7) is 7.44. The number of ether oxygens (including phenoxy) is 1. The van der Waals surface area contributed by atoms with E-state index < -0.39 is 5.95 Å². The predicted octanol–water partition coefficient (Wildman–Crippen LogP) is 1.94. The van der Waals surface area contributed by atoms with E-state index in [1.54, 1.807) is 12.1 Å². The first-order valence-electron chi connectivity index (χ1n) is 5.23. The minimum Gasteiger partial charge on any atom is -0.487 e. The van der Waals surface area contributed by atoms with Crippen molar-refractivity contribution in [3.63, 3.8) is 0 Å². The first kappa shape index (κ1) is 11.9. The Balaban J connectivity index is 2.34. The molecule has 3 nitrogen and oxygen atoms in total. The molecular formula is C11H17FN2O. The summed E-state index contributed by atoms with van der Waals surface area (Å²) in [5.41, 5.74) is 0. The summed E-state index contributed by atoms with van der Waals surface area (Å²) in [6.07, 6.45) is 1.41. The molecule has 1 rings (SSSR count). The molecule has 0 N–H and O–H groups in total. The van der Waals surface area contributed by atoms with E-state index >= 15 is 0 Å². The van der Waals surface area contributed by atoms with Crippen molar-refractivity contribution in [1.29, 1.82) is 0 Å². The second-order valence-electron chi connectivity index (χ2n) is 3.17. The van der Waals surface area contributed by atoms with E-state index in [1.807, 2.05) is 0 Å². The number of likely N-dealkylation sites (N-methyl/N-ethyl adjacent to an activating group) is 1. The number of pyridine rings is 1. The van der Waals surface area contributed by atoms with Crippen molar-refractivity contribution in [3.05, 3.63) is 24.3 Å². The molecule has 0 saturated heterocycles. The summed E-state index contributed by atoms with van der Waals surface area (Å²) in [6, 6.07) is 3.25. The molecule has 1 aromatic heterocycles. The number of halogens is 1. The topological polar surface area (TPSA) is 25.4 Å². The summed E-state index contributed by atoms with van der Waals surface area (Å²) >= 11 is 0. The Kier molecular flexibility index (Phi) is 5.04. The summed E-state index contributed by atoms with van der Waals surface area (Å²) < 4.78 is 18.3. The monoisotopic (exact) mass is 212 g/mol. The van der Waals surface area contributed by atoms with Gasteiger partial charge in [0.2, 0.25) is 0 Å². The van der Waals surface area contributed by atoms with E-state index in [-0.39, 0.29) is 5.75 Å². The van der Waals surface area contributed by atoms with Gasteiger partial charge in [0.25, 0.3) is 5.95 Å². The molecule has 0 aliphatic carbocycles. The molecule has 0 spiro atoms. The Labute approximate surface area is 89.9 Å². The molecule has 0 fully saturated rings. The van der Waals surface area contributed by atoms with E-state index in [0.29, 0.717) is 6.61 Å². The number of hydrogen-bond donors (Lipinski definition) is 0. The number of rotatable bonds is 6. The zero-order valence-electron chi connectivity index (χ0n) is 9.24. The van der Waals surface area contributed by atoms with Gasteiger partial charge < -0.3 is 9.64 Å². The van der Waals surface area contributed by atoms with Crippen LogP contribution in [0.1, 0.15) is 13.8 Å². The van der Waals surface area contributed by atoms with Crippen LogP contribution in [0.15, 0.2) is 18.3 Å². The van der Waals surface area contributed by atoms with Gasteiger partial charge in [0, 0.05) is 12.7 Å². The average molecular weight is 212 g/mol. The predicted molar refractivity (Wildman–Crippen MR) is 57.5 cm³/mol. The van der Waals surface area contributed by atoms with Crippen LogP contribution < -0.4 is 4.74 Å². The fraction of sp³-hybridized carbons (Fsp3) is 0.545. The molecule has 1 aromatic rings. The molecule has 4 heteroatoms. The Hall–Kier alpha value is -1.16. The van der Waals surface area contributed by atoms with E-state index in [0.717, 1.165) is 19.6 Å². The summed E-state index contributed by atoms with van der Waals surface area (Å²) in [5, 5.41) is 0. The lowest BCUT2D eigenvalue weighted by atomic mass is 10.4. The molecule has 0 aliphatic rings. The van der Waals surface area contributed by atoms with Crippen LogP contribution in [0.2, 0.25) is 0 Å².